The van der Waals surface area contributed by atoms with Gasteiger partial charge < -0.3 is 15.0 Å². The van der Waals surface area contributed by atoms with E-state index in [-0.39, 0.29) is 6.03 Å². The zero-order valence-corrected chi connectivity index (χ0v) is 14.8. The molecule has 1 saturated heterocycles. The van der Waals surface area contributed by atoms with Crippen LogP contribution in [-0.4, -0.2) is 37.7 Å². The van der Waals surface area contributed by atoms with Gasteiger partial charge >= 0.3 is 6.03 Å². The average molecular weight is 344 g/mol. The van der Waals surface area contributed by atoms with Crippen molar-refractivity contribution in [3.63, 3.8) is 0 Å². The zero-order valence-electron chi connectivity index (χ0n) is 14.0. The van der Waals surface area contributed by atoms with Gasteiger partial charge in [0.25, 0.3) is 0 Å². The van der Waals surface area contributed by atoms with Crippen LogP contribution in [0.5, 0.6) is 5.75 Å². The molecule has 2 amide bonds. The predicted molar refractivity (Wildman–Crippen MR) is 98.0 cm³/mol. The Hall–Kier alpha value is -2.01. The van der Waals surface area contributed by atoms with E-state index in [4.69, 9.17) is 4.74 Å². The number of hydrogen-bond acceptors (Lipinski definition) is 3. The summed E-state index contributed by atoms with van der Waals surface area (Å²) in [6.07, 6.45) is 2.87. The Labute approximate surface area is 147 Å². The lowest BCUT2D eigenvalue weighted by Gasteiger charge is -2.32. The van der Waals surface area contributed by atoms with Crippen LogP contribution < -0.4 is 10.1 Å². The molecule has 128 valence electrons. The first-order valence-corrected chi connectivity index (χ1v) is 9.34. The van der Waals surface area contributed by atoms with Crippen molar-refractivity contribution >= 4 is 17.4 Å². The van der Waals surface area contributed by atoms with Crippen molar-refractivity contribution in [3.8, 4) is 5.75 Å². The van der Waals surface area contributed by atoms with Crippen LogP contribution >= 0.6 is 11.3 Å². The Kier molecular flexibility index (Phi) is 5.75. The number of piperidine rings is 1. The summed E-state index contributed by atoms with van der Waals surface area (Å²) in [7, 11) is 1.72. The quantitative estimate of drug-likeness (QED) is 0.894. The van der Waals surface area contributed by atoms with Gasteiger partial charge in [0.2, 0.25) is 0 Å². The van der Waals surface area contributed by atoms with Gasteiger partial charge in [0.05, 0.1) is 7.11 Å². The molecule has 24 heavy (non-hydrogen) atoms. The van der Waals surface area contributed by atoms with Crippen molar-refractivity contribution < 1.29 is 9.53 Å². The topological polar surface area (TPSA) is 41.6 Å². The lowest BCUT2D eigenvalue weighted by Crippen LogP contribution is -2.44. The molecule has 0 bridgehead atoms. The minimum absolute atomic E-state index is 0.0602. The first-order chi connectivity index (χ1) is 11.8. The first kappa shape index (κ1) is 16.8. The van der Waals surface area contributed by atoms with E-state index in [0.717, 1.165) is 38.1 Å². The van der Waals surface area contributed by atoms with Gasteiger partial charge in [-0.3, -0.25) is 0 Å². The van der Waals surface area contributed by atoms with Crippen molar-refractivity contribution in [1.82, 2.24) is 10.2 Å². The summed E-state index contributed by atoms with van der Waals surface area (Å²) in [5.74, 6) is 1.42. The van der Waals surface area contributed by atoms with Crippen LogP contribution in [-0.2, 0) is 6.42 Å². The number of likely N-dealkylation sites (tertiary alicyclic amines) is 1. The smallest absolute Gasteiger partial charge is 0.317 e. The van der Waals surface area contributed by atoms with Crippen molar-refractivity contribution in [2.75, 3.05) is 26.7 Å². The third-order valence-electron chi connectivity index (χ3n) is 4.59. The highest BCUT2D eigenvalue weighted by Crippen LogP contribution is 2.33. The molecule has 0 radical (unpaired) electrons. The highest BCUT2D eigenvalue weighted by molar-refractivity contribution is 7.09. The van der Waals surface area contributed by atoms with E-state index >= 15 is 0 Å². The molecule has 0 atom stereocenters. The van der Waals surface area contributed by atoms with E-state index in [1.54, 1.807) is 18.4 Å². The third kappa shape index (κ3) is 4.09. The second-order valence-electron chi connectivity index (χ2n) is 6.06. The molecule has 4 nitrogen and oxygen atoms in total. The molecule has 1 aromatic carbocycles. The van der Waals surface area contributed by atoms with Crippen LogP contribution in [0.3, 0.4) is 0 Å². The molecule has 0 saturated carbocycles. The SMILES string of the molecule is COc1ccccc1C1CCN(C(=O)NCCc2cccs2)CC1. The van der Waals surface area contributed by atoms with E-state index in [1.165, 1.54) is 10.4 Å². The fourth-order valence-electron chi connectivity index (χ4n) is 3.26. The van der Waals surface area contributed by atoms with Crippen LogP contribution in [0, 0.1) is 0 Å². The monoisotopic (exact) mass is 344 g/mol. The summed E-state index contributed by atoms with van der Waals surface area (Å²) in [5, 5.41) is 5.11. The van der Waals surface area contributed by atoms with Crippen molar-refractivity contribution in [3.05, 3.63) is 52.2 Å². The summed E-state index contributed by atoms with van der Waals surface area (Å²) < 4.78 is 5.47. The average Bonchev–Trinajstić information content (AvgIpc) is 3.15. The largest absolute Gasteiger partial charge is 0.496 e. The molecule has 5 heteroatoms. The number of nitrogens with zero attached hydrogens (tertiary/aromatic N) is 1. The maximum Gasteiger partial charge on any atom is 0.317 e. The summed E-state index contributed by atoms with van der Waals surface area (Å²) in [6.45, 7) is 2.30. The van der Waals surface area contributed by atoms with Crippen LogP contribution in [0.15, 0.2) is 41.8 Å². The highest BCUT2D eigenvalue weighted by atomic mass is 32.1. The summed E-state index contributed by atoms with van der Waals surface area (Å²) in [4.78, 5) is 15.5. The minimum Gasteiger partial charge on any atom is -0.496 e. The van der Waals surface area contributed by atoms with Gasteiger partial charge in [-0.15, -0.1) is 11.3 Å². The van der Waals surface area contributed by atoms with Gasteiger partial charge in [0.15, 0.2) is 0 Å². The Morgan fingerprint density at radius 2 is 2.04 bits per heavy atom. The van der Waals surface area contributed by atoms with E-state index in [0.29, 0.717) is 12.5 Å². The van der Waals surface area contributed by atoms with Crippen LogP contribution in [0.25, 0.3) is 0 Å². The minimum atomic E-state index is 0.0602. The number of urea groups is 1. The Balaban J connectivity index is 1.46. The second-order valence-corrected chi connectivity index (χ2v) is 7.10. The molecule has 3 rings (SSSR count). The predicted octanol–water partition coefficient (Wildman–Crippen LogP) is 3.89. The molecule has 1 aliphatic rings. The fourth-order valence-corrected chi connectivity index (χ4v) is 3.97. The molecular weight excluding hydrogens is 320 g/mol. The van der Waals surface area contributed by atoms with Crippen molar-refractivity contribution in [1.29, 1.82) is 0 Å². The van der Waals surface area contributed by atoms with Crippen LogP contribution in [0.1, 0.15) is 29.2 Å². The van der Waals surface area contributed by atoms with Gasteiger partial charge in [0.1, 0.15) is 5.75 Å². The number of carbonyl (C=O) groups excluding carboxylic acids is 1. The number of amides is 2. The van der Waals surface area contributed by atoms with Gasteiger partial charge in [-0.2, -0.15) is 0 Å². The maximum absolute atomic E-state index is 12.3. The zero-order chi connectivity index (χ0) is 16.8. The Bertz CT molecular complexity index is 649. The normalized spacial score (nSPS) is 15.3. The van der Waals surface area contributed by atoms with E-state index in [1.807, 2.05) is 23.1 Å². The number of para-hydroxylation sites is 1. The van der Waals surface area contributed by atoms with Crippen molar-refractivity contribution in [2.45, 2.75) is 25.2 Å². The number of nitrogens with one attached hydrogen (secondary N) is 1. The fraction of sp³-hybridized carbons (Fsp3) is 0.421. The Morgan fingerprint density at radius 3 is 2.75 bits per heavy atom. The number of thiophene rings is 1. The third-order valence-corrected chi connectivity index (χ3v) is 5.52. The molecule has 0 aliphatic carbocycles. The second kappa shape index (κ2) is 8.20. The van der Waals surface area contributed by atoms with Gasteiger partial charge in [-0.25, -0.2) is 4.79 Å². The highest BCUT2D eigenvalue weighted by Gasteiger charge is 2.25. The summed E-state index contributed by atoms with van der Waals surface area (Å²) in [6, 6.07) is 12.4. The molecule has 1 aliphatic heterocycles. The number of ether oxygens (including phenoxy) is 1. The molecule has 1 N–H and O–H groups in total. The molecule has 2 aromatic rings. The van der Waals surface area contributed by atoms with Crippen LogP contribution in [0.4, 0.5) is 4.79 Å². The Morgan fingerprint density at radius 1 is 1.25 bits per heavy atom. The first-order valence-electron chi connectivity index (χ1n) is 8.46. The van der Waals surface area contributed by atoms with E-state index in [2.05, 4.69) is 28.9 Å². The summed E-state index contributed by atoms with van der Waals surface area (Å²) in [5.41, 5.74) is 1.26. The van der Waals surface area contributed by atoms with Gasteiger partial charge in [-0.05, 0) is 48.3 Å². The van der Waals surface area contributed by atoms with Crippen molar-refractivity contribution in [2.24, 2.45) is 0 Å². The number of hydrogen-bond donors (Lipinski definition) is 1. The standard InChI is InChI=1S/C19H24N2O2S/c1-23-18-7-3-2-6-17(18)15-9-12-21(13-10-15)19(22)20-11-8-16-5-4-14-24-16/h2-7,14-15H,8-13H2,1H3,(H,20,22). The lowest BCUT2D eigenvalue weighted by atomic mass is 9.89. The number of methoxy groups -OCH3 is 1. The molecule has 1 fully saturated rings. The molecular formula is C19H24N2O2S. The maximum atomic E-state index is 12.3. The number of carbonyl (C=O) groups is 1. The molecule has 1 aromatic heterocycles. The lowest BCUT2D eigenvalue weighted by molar-refractivity contribution is 0.181. The van der Waals surface area contributed by atoms with Gasteiger partial charge in [-0.1, -0.05) is 24.3 Å². The number of benzene rings is 1. The van der Waals surface area contributed by atoms with Crippen LogP contribution in [0.2, 0.25) is 0 Å². The number of rotatable bonds is 5. The molecule has 0 spiro atoms. The van der Waals surface area contributed by atoms with E-state index < -0.39 is 0 Å². The van der Waals surface area contributed by atoms with Gasteiger partial charge in [0, 0.05) is 24.5 Å². The molecule has 2 heterocycles. The summed E-state index contributed by atoms with van der Waals surface area (Å²) >= 11 is 1.73. The molecule has 0 unspecified atom stereocenters. The van der Waals surface area contributed by atoms with E-state index in [9.17, 15) is 4.79 Å².